The molecular weight excluding hydrogens is 368 g/mol. The van der Waals surface area contributed by atoms with E-state index >= 15 is 0 Å². The molecule has 1 aliphatic heterocycles. The first kappa shape index (κ1) is 26.0. The third kappa shape index (κ3) is 11.4. The molecule has 5 N–H and O–H groups in total. The van der Waals surface area contributed by atoms with E-state index in [9.17, 15) is 9.26 Å². The molecule has 0 aliphatic carbocycles. The van der Waals surface area contributed by atoms with Crippen LogP contribution in [0.25, 0.3) is 0 Å². The van der Waals surface area contributed by atoms with Crippen LogP contribution in [-0.2, 0) is 4.46 Å². The largest absolute Gasteiger partial charge is 0.388 e. The van der Waals surface area contributed by atoms with Crippen molar-refractivity contribution in [2.24, 2.45) is 9.98 Å². The van der Waals surface area contributed by atoms with E-state index in [2.05, 4.69) is 54.9 Å². The maximum atomic E-state index is 11.5. The highest BCUT2D eigenvalue weighted by Gasteiger charge is 2.19. The molecular formula is C14H32N8O2Si2. The summed E-state index contributed by atoms with van der Waals surface area (Å²) in [6.07, 6.45) is 2.57. The van der Waals surface area contributed by atoms with E-state index in [-0.39, 0.29) is 27.0 Å². The van der Waals surface area contributed by atoms with E-state index in [1.165, 1.54) is 0 Å². The summed E-state index contributed by atoms with van der Waals surface area (Å²) >= 11 is 0. The lowest BCUT2D eigenvalue weighted by Gasteiger charge is -2.23. The van der Waals surface area contributed by atoms with Gasteiger partial charge in [0.1, 0.15) is 20.7 Å². The highest BCUT2D eigenvalue weighted by Crippen LogP contribution is 2.06. The third-order valence-electron chi connectivity index (χ3n) is 2.63. The van der Waals surface area contributed by atoms with Crippen LogP contribution in [0, 0.1) is 0 Å². The predicted octanol–water partition coefficient (Wildman–Crippen LogP) is 1.19. The average molecular weight is 401 g/mol. The van der Waals surface area contributed by atoms with Gasteiger partial charge in [0.05, 0.1) is 6.34 Å². The molecule has 2 rings (SSSR count). The zero-order valence-electron chi connectivity index (χ0n) is 14.3. The van der Waals surface area contributed by atoms with Crippen molar-refractivity contribution in [1.29, 1.82) is 0 Å². The van der Waals surface area contributed by atoms with Gasteiger partial charge in [-0.05, 0) is 6.04 Å². The molecule has 0 bridgehead atoms. The molecule has 1 aromatic heterocycles. The number of aromatic nitrogens is 3. The number of hydrogen-bond acceptors (Lipinski definition) is 9. The molecule has 148 valence electrons. The van der Waals surface area contributed by atoms with Crippen LogP contribution in [0.15, 0.2) is 21.1 Å². The van der Waals surface area contributed by atoms with Gasteiger partial charge in [-0.15, -0.1) is 0 Å². The third-order valence-corrected chi connectivity index (χ3v) is 5.23. The number of nitrogens with two attached hydrogens (primary N) is 1. The zero-order chi connectivity index (χ0) is 18.2. The van der Waals surface area contributed by atoms with Gasteiger partial charge in [0.15, 0.2) is 5.96 Å². The van der Waals surface area contributed by atoms with Gasteiger partial charge in [-0.1, -0.05) is 41.4 Å². The Morgan fingerprint density at radius 2 is 1.96 bits per heavy atom. The summed E-state index contributed by atoms with van der Waals surface area (Å²) in [7, 11) is -2.91. The molecule has 1 atom stereocenters. The lowest BCUT2D eigenvalue weighted by molar-refractivity contribution is 0.552. The van der Waals surface area contributed by atoms with E-state index in [1.807, 2.05) is 6.92 Å². The Kier molecular flexibility index (Phi) is 12.2. The second-order valence-corrected chi connectivity index (χ2v) is 13.0. The quantitative estimate of drug-likeness (QED) is 0.554. The number of aromatic amines is 1. The van der Waals surface area contributed by atoms with Gasteiger partial charge >= 0.3 is 5.69 Å². The van der Waals surface area contributed by atoms with Gasteiger partial charge in [-0.25, -0.2) is 19.8 Å². The Hall–Kier alpha value is -2.22. The minimum absolute atomic E-state index is 0. The fraction of sp³-hybridized carbons (Fsp3) is 0.643. The monoisotopic (exact) mass is 400 g/mol. The van der Waals surface area contributed by atoms with Gasteiger partial charge in [0.25, 0.3) is 8.68 Å². The summed E-state index contributed by atoms with van der Waals surface area (Å²) in [5, 5.41) is 2.99. The SMILES string of the molecule is C.C.CC[Si](=O)CC1N=CNC(N[Si](C)(C)C)=N1.Nc1ncnc(=O)[nH]1. The number of nitrogens with zero attached hydrogens (tertiary/aromatic N) is 4. The number of nitrogen functional groups attached to an aromatic ring is 1. The van der Waals surface area contributed by atoms with Crippen molar-refractivity contribution < 1.29 is 4.46 Å². The van der Waals surface area contributed by atoms with E-state index in [0.717, 1.165) is 18.3 Å². The average Bonchev–Trinajstić information content (AvgIpc) is 2.46. The topological polar surface area (TPSA) is 151 Å². The molecule has 0 amide bonds. The summed E-state index contributed by atoms with van der Waals surface area (Å²) in [5.41, 5.74) is 4.58. The van der Waals surface area contributed by atoms with Crippen LogP contribution in [0.4, 0.5) is 5.95 Å². The lowest BCUT2D eigenvalue weighted by atomic mass is 10.6. The van der Waals surface area contributed by atoms with Gasteiger partial charge in [-0.3, -0.25) is 4.98 Å². The van der Waals surface area contributed by atoms with Gasteiger partial charge < -0.3 is 20.5 Å². The maximum Gasteiger partial charge on any atom is 0.349 e. The molecule has 0 saturated heterocycles. The molecule has 12 heteroatoms. The molecule has 2 heterocycles. The Morgan fingerprint density at radius 3 is 2.42 bits per heavy atom. The van der Waals surface area contributed by atoms with E-state index < -0.39 is 22.6 Å². The Labute approximate surface area is 157 Å². The van der Waals surface area contributed by atoms with Crippen LogP contribution in [0.5, 0.6) is 0 Å². The van der Waals surface area contributed by atoms with Crippen LogP contribution < -0.4 is 21.7 Å². The standard InChI is InChI=1S/C9H20N4OSi2.C3H4N4O.2CH4/c1-5-15(14)6-8-10-7-11-9(12-8)13-16(2,3)4;4-2-5-1-6-3(8)7-2;;/h7-8H,5-6H2,1-4H3,(H2,10,11,12,13);1H,(H3,4,5,6,7,8);2*1H4. The van der Waals surface area contributed by atoms with Crippen LogP contribution in [-0.4, -0.2) is 50.3 Å². The first-order valence-corrected chi connectivity index (χ1v) is 12.8. The number of nitrogens with one attached hydrogen (secondary N) is 3. The molecule has 0 fully saturated rings. The van der Waals surface area contributed by atoms with Crippen LogP contribution >= 0.6 is 0 Å². The smallest absolute Gasteiger partial charge is 0.349 e. The van der Waals surface area contributed by atoms with E-state index in [4.69, 9.17) is 5.73 Å². The predicted molar refractivity (Wildman–Crippen MR) is 112 cm³/mol. The second-order valence-electron chi connectivity index (χ2n) is 6.04. The van der Waals surface area contributed by atoms with Crippen molar-refractivity contribution in [3.8, 4) is 0 Å². The minimum atomic E-state index is -1.51. The second kappa shape index (κ2) is 12.2. The fourth-order valence-corrected chi connectivity index (χ4v) is 3.33. The van der Waals surface area contributed by atoms with Gasteiger partial charge in [0, 0.05) is 6.04 Å². The Balaban J connectivity index is 0. The number of H-pyrrole nitrogens is 1. The van der Waals surface area contributed by atoms with E-state index in [0.29, 0.717) is 6.04 Å². The molecule has 0 saturated carbocycles. The summed E-state index contributed by atoms with van der Waals surface area (Å²) in [6.45, 7) is 8.55. The van der Waals surface area contributed by atoms with Crippen molar-refractivity contribution in [3.05, 3.63) is 16.8 Å². The van der Waals surface area contributed by atoms with E-state index in [1.54, 1.807) is 6.34 Å². The van der Waals surface area contributed by atoms with Crippen molar-refractivity contribution in [3.63, 3.8) is 0 Å². The summed E-state index contributed by atoms with van der Waals surface area (Å²) in [6, 6.07) is 1.31. The molecule has 10 nitrogen and oxygen atoms in total. The van der Waals surface area contributed by atoms with Crippen molar-refractivity contribution in [2.45, 2.75) is 59.7 Å². The van der Waals surface area contributed by atoms with Crippen LogP contribution in [0.2, 0.25) is 31.7 Å². The fourth-order valence-electron chi connectivity index (χ4n) is 1.59. The molecule has 0 aromatic carbocycles. The lowest BCUT2D eigenvalue weighted by Crippen LogP contribution is -2.52. The zero-order valence-corrected chi connectivity index (χ0v) is 16.3. The summed E-state index contributed by atoms with van der Waals surface area (Å²) in [4.78, 5) is 31.0. The first-order valence-electron chi connectivity index (χ1n) is 7.52. The minimum Gasteiger partial charge on any atom is -0.388 e. The maximum absolute atomic E-state index is 11.5. The summed E-state index contributed by atoms with van der Waals surface area (Å²) < 4.78 is 11.5. The highest BCUT2D eigenvalue weighted by atomic mass is 28.3. The van der Waals surface area contributed by atoms with Gasteiger partial charge in [-0.2, -0.15) is 4.98 Å². The molecule has 1 aliphatic rings. The molecule has 0 spiro atoms. The van der Waals surface area contributed by atoms with Crippen molar-refractivity contribution in [2.75, 3.05) is 5.73 Å². The van der Waals surface area contributed by atoms with Crippen molar-refractivity contribution >= 4 is 35.2 Å². The number of hydrogen-bond donors (Lipinski definition) is 4. The van der Waals surface area contributed by atoms with Gasteiger partial charge in [0.2, 0.25) is 5.95 Å². The molecule has 1 aromatic rings. The number of guanidine groups is 1. The van der Waals surface area contributed by atoms with Crippen LogP contribution in [0.3, 0.4) is 0 Å². The number of aliphatic imine (C=N–C) groups is 2. The van der Waals surface area contributed by atoms with Crippen molar-refractivity contribution in [1.82, 2.24) is 25.3 Å². The number of rotatable bonds is 4. The normalized spacial score (nSPS) is 15.1. The molecule has 0 radical (unpaired) electrons. The van der Waals surface area contributed by atoms with Crippen LogP contribution in [0.1, 0.15) is 21.8 Å². The number of anilines is 1. The molecule has 26 heavy (non-hydrogen) atoms. The molecule has 1 unspecified atom stereocenters. The highest BCUT2D eigenvalue weighted by molar-refractivity contribution is 6.75. The Morgan fingerprint density at radius 1 is 1.31 bits per heavy atom. The summed E-state index contributed by atoms with van der Waals surface area (Å²) in [5.74, 6) is 0.857. The Bertz CT molecular complexity index is 669. The first-order chi connectivity index (χ1) is 11.2.